The van der Waals surface area contributed by atoms with E-state index in [4.69, 9.17) is 0 Å². The van der Waals surface area contributed by atoms with E-state index in [0.717, 1.165) is 12.1 Å². The van der Waals surface area contributed by atoms with Crippen molar-refractivity contribution in [1.29, 1.82) is 0 Å². The van der Waals surface area contributed by atoms with E-state index in [0.29, 0.717) is 18.1 Å². The molecule has 0 aliphatic carbocycles. The number of thiazole rings is 1. The zero-order valence-electron chi connectivity index (χ0n) is 15.2. The molecular formula is C19H23N3O3S. The predicted molar refractivity (Wildman–Crippen MR) is 102 cm³/mol. The molecule has 3 rings (SSSR count). The molecule has 0 bridgehead atoms. The zero-order chi connectivity index (χ0) is 18.9. The summed E-state index contributed by atoms with van der Waals surface area (Å²) in [6, 6.07) is 5.85. The number of aromatic hydroxyl groups is 1. The molecule has 0 radical (unpaired) electrons. The van der Waals surface area contributed by atoms with Crippen molar-refractivity contribution in [2.75, 3.05) is 11.9 Å². The highest BCUT2D eigenvalue weighted by Crippen LogP contribution is 2.28. The number of aromatic nitrogens is 1. The summed E-state index contributed by atoms with van der Waals surface area (Å²) < 4.78 is 0. The molecular weight excluding hydrogens is 350 g/mol. The Hall–Kier alpha value is -2.41. The van der Waals surface area contributed by atoms with Gasteiger partial charge in [-0.05, 0) is 25.0 Å². The van der Waals surface area contributed by atoms with Gasteiger partial charge in [0.2, 0.25) is 5.91 Å². The van der Waals surface area contributed by atoms with Crippen LogP contribution in [0.1, 0.15) is 49.7 Å². The first kappa shape index (κ1) is 18.4. The Balaban J connectivity index is 1.73. The highest BCUT2D eigenvalue weighted by molar-refractivity contribution is 7.14. The number of carbonyl (C=O) groups excluding carboxylic acids is 2. The fourth-order valence-corrected chi connectivity index (χ4v) is 3.90. The predicted octanol–water partition coefficient (Wildman–Crippen LogP) is 3.39. The van der Waals surface area contributed by atoms with Crippen LogP contribution in [0.25, 0.3) is 0 Å². The van der Waals surface area contributed by atoms with E-state index in [1.807, 2.05) is 5.38 Å². The Kier molecular flexibility index (Phi) is 5.00. The molecule has 0 spiro atoms. The standard InChI is InChI=1S/C19H23N3O3S/c1-19(2,3)15-11-26-18(20-15)21-16(24)13-8-6-10-22(13)17(25)12-7-4-5-9-14(12)23/h4-5,7,9,11,13,23H,6,8,10H2,1-3H3,(H,20,21,24). The highest BCUT2D eigenvalue weighted by atomic mass is 32.1. The summed E-state index contributed by atoms with van der Waals surface area (Å²) in [4.78, 5) is 31.5. The second kappa shape index (κ2) is 7.07. The number of likely N-dealkylation sites (tertiary alicyclic amines) is 1. The number of phenols is 1. The van der Waals surface area contributed by atoms with Gasteiger partial charge in [-0.2, -0.15) is 0 Å². The van der Waals surface area contributed by atoms with Crippen LogP contribution in [0, 0.1) is 0 Å². The number of amides is 2. The lowest BCUT2D eigenvalue weighted by Crippen LogP contribution is -2.43. The van der Waals surface area contributed by atoms with Gasteiger partial charge in [0.1, 0.15) is 11.8 Å². The Bertz CT molecular complexity index is 825. The van der Waals surface area contributed by atoms with Gasteiger partial charge in [0.15, 0.2) is 5.13 Å². The van der Waals surface area contributed by atoms with Gasteiger partial charge in [0.05, 0.1) is 11.3 Å². The zero-order valence-corrected chi connectivity index (χ0v) is 16.0. The minimum Gasteiger partial charge on any atom is -0.507 e. The Labute approximate surface area is 156 Å². The van der Waals surface area contributed by atoms with Crippen molar-refractivity contribution in [1.82, 2.24) is 9.88 Å². The van der Waals surface area contributed by atoms with E-state index in [1.165, 1.54) is 22.3 Å². The van der Waals surface area contributed by atoms with Crippen LogP contribution in [0.2, 0.25) is 0 Å². The van der Waals surface area contributed by atoms with E-state index in [2.05, 4.69) is 31.1 Å². The smallest absolute Gasteiger partial charge is 0.258 e. The Morgan fingerprint density at radius 2 is 2.04 bits per heavy atom. The summed E-state index contributed by atoms with van der Waals surface area (Å²) in [5, 5.41) is 15.2. The molecule has 26 heavy (non-hydrogen) atoms. The maximum absolute atomic E-state index is 12.7. The number of carbonyl (C=O) groups is 2. The fraction of sp³-hybridized carbons (Fsp3) is 0.421. The molecule has 1 aromatic carbocycles. The van der Waals surface area contributed by atoms with Gasteiger partial charge < -0.3 is 15.3 Å². The van der Waals surface area contributed by atoms with E-state index < -0.39 is 6.04 Å². The quantitative estimate of drug-likeness (QED) is 0.864. The number of anilines is 1. The van der Waals surface area contributed by atoms with Gasteiger partial charge in [-0.1, -0.05) is 32.9 Å². The van der Waals surface area contributed by atoms with Crippen molar-refractivity contribution < 1.29 is 14.7 Å². The number of para-hydroxylation sites is 1. The largest absolute Gasteiger partial charge is 0.507 e. The molecule has 1 atom stereocenters. The average Bonchev–Trinajstić information content (AvgIpc) is 3.23. The number of nitrogens with zero attached hydrogens (tertiary/aromatic N) is 2. The van der Waals surface area contributed by atoms with Gasteiger partial charge in [0, 0.05) is 17.3 Å². The minimum atomic E-state index is -0.552. The monoisotopic (exact) mass is 373 g/mol. The van der Waals surface area contributed by atoms with Crippen molar-refractivity contribution in [2.45, 2.75) is 45.1 Å². The van der Waals surface area contributed by atoms with Gasteiger partial charge in [-0.3, -0.25) is 9.59 Å². The maximum Gasteiger partial charge on any atom is 0.258 e. The lowest BCUT2D eigenvalue weighted by atomic mass is 9.93. The second-order valence-corrected chi connectivity index (χ2v) is 8.31. The molecule has 1 aromatic heterocycles. The summed E-state index contributed by atoms with van der Waals surface area (Å²) in [5.74, 6) is -0.630. The van der Waals surface area contributed by atoms with E-state index >= 15 is 0 Å². The second-order valence-electron chi connectivity index (χ2n) is 7.45. The molecule has 2 amide bonds. The molecule has 7 heteroatoms. The van der Waals surface area contributed by atoms with Crippen LogP contribution in [0.4, 0.5) is 5.13 Å². The number of hydrogen-bond acceptors (Lipinski definition) is 5. The topological polar surface area (TPSA) is 82.5 Å². The van der Waals surface area contributed by atoms with Gasteiger partial charge in [-0.25, -0.2) is 4.98 Å². The van der Waals surface area contributed by atoms with Crippen LogP contribution >= 0.6 is 11.3 Å². The fourth-order valence-electron chi connectivity index (χ4n) is 2.96. The Morgan fingerprint density at radius 1 is 1.31 bits per heavy atom. The van der Waals surface area contributed by atoms with Gasteiger partial charge >= 0.3 is 0 Å². The van der Waals surface area contributed by atoms with Crippen LogP contribution in [0.5, 0.6) is 5.75 Å². The third kappa shape index (κ3) is 3.72. The van der Waals surface area contributed by atoms with Crippen molar-refractivity contribution in [2.24, 2.45) is 0 Å². The van der Waals surface area contributed by atoms with Crippen LogP contribution in [0.15, 0.2) is 29.6 Å². The minimum absolute atomic E-state index is 0.0710. The molecule has 0 saturated carbocycles. The number of benzene rings is 1. The van der Waals surface area contributed by atoms with E-state index in [1.54, 1.807) is 18.2 Å². The molecule has 2 N–H and O–H groups in total. The van der Waals surface area contributed by atoms with E-state index in [9.17, 15) is 14.7 Å². The summed E-state index contributed by atoms with van der Waals surface area (Å²) >= 11 is 1.39. The summed E-state index contributed by atoms with van der Waals surface area (Å²) in [7, 11) is 0. The normalized spacial score (nSPS) is 17.3. The van der Waals surface area contributed by atoms with Gasteiger partial charge in [0.25, 0.3) is 5.91 Å². The molecule has 1 saturated heterocycles. The highest BCUT2D eigenvalue weighted by Gasteiger charge is 2.35. The van der Waals surface area contributed by atoms with Crippen molar-refractivity contribution in [3.63, 3.8) is 0 Å². The number of nitrogens with one attached hydrogen (secondary N) is 1. The first-order chi connectivity index (χ1) is 12.3. The lowest BCUT2D eigenvalue weighted by Gasteiger charge is -2.24. The third-order valence-corrected chi connectivity index (χ3v) is 5.21. The first-order valence-electron chi connectivity index (χ1n) is 8.63. The molecule has 6 nitrogen and oxygen atoms in total. The summed E-state index contributed by atoms with van der Waals surface area (Å²) in [6.07, 6.45) is 1.35. The van der Waals surface area contributed by atoms with Crippen LogP contribution in [-0.2, 0) is 10.2 Å². The van der Waals surface area contributed by atoms with Crippen molar-refractivity contribution in [3.05, 3.63) is 40.9 Å². The SMILES string of the molecule is CC(C)(C)c1csc(NC(=O)C2CCCN2C(=O)c2ccccc2O)n1. The number of hydrogen-bond donors (Lipinski definition) is 2. The van der Waals surface area contributed by atoms with Crippen molar-refractivity contribution >= 4 is 28.3 Å². The average molecular weight is 373 g/mol. The van der Waals surface area contributed by atoms with Gasteiger partial charge in [-0.15, -0.1) is 11.3 Å². The van der Waals surface area contributed by atoms with Crippen LogP contribution in [0.3, 0.4) is 0 Å². The van der Waals surface area contributed by atoms with Crippen LogP contribution in [-0.4, -0.2) is 39.4 Å². The van der Waals surface area contributed by atoms with Crippen molar-refractivity contribution in [3.8, 4) is 5.75 Å². The maximum atomic E-state index is 12.7. The number of phenolic OH excluding ortho intramolecular Hbond substituents is 1. The first-order valence-corrected chi connectivity index (χ1v) is 9.51. The molecule has 1 unspecified atom stereocenters. The third-order valence-electron chi connectivity index (χ3n) is 4.45. The van der Waals surface area contributed by atoms with Crippen LogP contribution < -0.4 is 5.32 Å². The molecule has 1 aliphatic heterocycles. The Morgan fingerprint density at radius 3 is 2.69 bits per heavy atom. The molecule has 2 aromatic rings. The van der Waals surface area contributed by atoms with E-state index in [-0.39, 0.29) is 28.5 Å². The molecule has 1 fully saturated rings. The number of rotatable bonds is 3. The summed E-state index contributed by atoms with van der Waals surface area (Å²) in [6.45, 7) is 6.70. The lowest BCUT2D eigenvalue weighted by molar-refractivity contribution is -0.119. The molecule has 138 valence electrons. The summed E-state index contributed by atoms with van der Waals surface area (Å²) in [5.41, 5.74) is 1.06. The molecule has 2 heterocycles. The molecule has 1 aliphatic rings.